The van der Waals surface area contributed by atoms with Crippen molar-refractivity contribution in [1.82, 2.24) is 0 Å². The second-order valence-corrected chi connectivity index (χ2v) is 7.71. The van der Waals surface area contributed by atoms with Gasteiger partial charge in [0.15, 0.2) is 0 Å². The van der Waals surface area contributed by atoms with Crippen LogP contribution in [0.15, 0.2) is 48.5 Å². The fraction of sp³-hybridized carbons (Fsp3) is 0.375. The van der Waals surface area contributed by atoms with Crippen LogP contribution in [0.4, 0.5) is 22.7 Å². The molecule has 7 heteroatoms. The summed E-state index contributed by atoms with van der Waals surface area (Å²) in [5.74, 6) is -0.434. The number of rotatable bonds is 11. The van der Waals surface area contributed by atoms with Crippen LogP contribution in [0.3, 0.4) is 0 Å². The molecule has 2 aromatic carbocycles. The molecule has 2 aromatic rings. The minimum absolute atomic E-state index is 0.00668. The van der Waals surface area contributed by atoms with Crippen molar-refractivity contribution in [3.05, 3.63) is 48.5 Å². The third kappa shape index (κ3) is 8.90. The van der Waals surface area contributed by atoms with E-state index in [0.29, 0.717) is 23.5 Å². The predicted molar refractivity (Wildman–Crippen MR) is 126 cm³/mol. The van der Waals surface area contributed by atoms with E-state index in [0.717, 1.165) is 24.9 Å². The number of anilines is 4. The third-order valence-corrected chi connectivity index (χ3v) is 4.55. The quantitative estimate of drug-likeness (QED) is 0.388. The number of benzene rings is 2. The molecule has 2 rings (SSSR count). The molecule has 0 heterocycles. The second-order valence-electron chi connectivity index (χ2n) is 7.71. The highest BCUT2D eigenvalue weighted by molar-refractivity contribution is 5.96. The first kappa shape index (κ1) is 23.9. The van der Waals surface area contributed by atoms with E-state index in [2.05, 4.69) is 28.2 Å². The Morgan fingerprint density at radius 1 is 0.774 bits per heavy atom. The van der Waals surface area contributed by atoms with Gasteiger partial charge in [0.2, 0.25) is 17.7 Å². The highest BCUT2D eigenvalue weighted by Gasteiger charge is 2.09. The molecule has 0 saturated heterocycles. The molecular formula is C24H32N4O3. The van der Waals surface area contributed by atoms with Crippen LogP contribution in [-0.4, -0.2) is 24.3 Å². The number of hydrogen-bond donors (Lipinski definition) is 4. The Labute approximate surface area is 184 Å². The van der Waals surface area contributed by atoms with E-state index >= 15 is 0 Å². The lowest BCUT2D eigenvalue weighted by Gasteiger charge is -2.12. The molecule has 0 bridgehead atoms. The van der Waals surface area contributed by atoms with Gasteiger partial charge in [-0.3, -0.25) is 14.4 Å². The first-order chi connectivity index (χ1) is 14.9. The molecular weight excluding hydrogens is 392 g/mol. The zero-order chi connectivity index (χ0) is 22.6. The molecule has 0 aliphatic heterocycles. The Kier molecular flexibility index (Phi) is 9.55. The van der Waals surface area contributed by atoms with Gasteiger partial charge in [-0.25, -0.2) is 0 Å². The van der Waals surface area contributed by atoms with E-state index in [1.54, 1.807) is 30.3 Å². The summed E-state index contributed by atoms with van der Waals surface area (Å²) in [5, 5.41) is 11.6. The standard InChI is InChI=1S/C24H32N4O3/c1-4-5-6-13-22(29)26-19-10-7-9-18(14-19)25-16-23(30)27-20-11-8-12-21(15-20)28-24(31)17(2)3/h7-12,14-15,17,25H,4-6,13,16H2,1-3H3,(H,26,29)(H,27,30)(H,28,31). The average Bonchev–Trinajstić information content (AvgIpc) is 2.73. The predicted octanol–water partition coefficient (Wildman–Crippen LogP) is 4.85. The fourth-order valence-electron chi connectivity index (χ4n) is 2.81. The first-order valence-electron chi connectivity index (χ1n) is 10.7. The van der Waals surface area contributed by atoms with Crippen LogP contribution in [0.25, 0.3) is 0 Å². The summed E-state index contributed by atoms with van der Waals surface area (Å²) < 4.78 is 0. The van der Waals surface area contributed by atoms with Crippen LogP contribution < -0.4 is 21.3 Å². The molecule has 166 valence electrons. The summed E-state index contributed by atoms with van der Waals surface area (Å²) >= 11 is 0. The Bertz CT molecular complexity index is 896. The molecule has 0 saturated carbocycles. The van der Waals surface area contributed by atoms with Crippen molar-refractivity contribution in [2.45, 2.75) is 46.5 Å². The summed E-state index contributed by atoms with van der Waals surface area (Å²) in [6, 6.07) is 14.3. The summed E-state index contributed by atoms with van der Waals surface area (Å²) in [4.78, 5) is 36.1. The van der Waals surface area contributed by atoms with E-state index in [1.807, 2.05) is 32.0 Å². The lowest BCUT2D eigenvalue weighted by molar-refractivity contribution is -0.119. The highest BCUT2D eigenvalue weighted by atomic mass is 16.2. The fourth-order valence-corrected chi connectivity index (χ4v) is 2.81. The maximum Gasteiger partial charge on any atom is 0.243 e. The van der Waals surface area contributed by atoms with Gasteiger partial charge in [0, 0.05) is 35.1 Å². The summed E-state index contributed by atoms with van der Waals surface area (Å²) in [6.45, 7) is 5.81. The average molecular weight is 425 g/mol. The van der Waals surface area contributed by atoms with Crippen LogP contribution in [0, 0.1) is 5.92 Å². The Morgan fingerprint density at radius 3 is 1.94 bits per heavy atom. The minimum Gasteiger partial charge on any atom is -0.376 e. The van der Waals surface area contributed by atoms with Crippen LogP contribution in [0.2, 0.25) is 0 Å². The van der Waals surface area contributed by atoms with Crippen LogP contribution in [0.1, 0.15) is 46.5 Å². The van der Waals surface area contributed by atoms with Crippen molar-refractivity contribution in [2.75, 3.05) is 27.8 Å². The molecule has 7 nitrogen and oxygen atoms in total. The van der Waals surface area contributed by atoms with E-state index in [9.17, 15) is 14.4 Å². The third-order valence-electron chi connectivity index (χ3n) is 4.55. The molecule has 0 aliphatic rings. The van der Waals surface area contributed by atoms with E-state index in [1.165, 1.54) is 0 Å². The minimum atomic E-state index is -0.221. The van der Waals surface area contributed by atoms with Gasteiger partial charge in [-0.1, -0.05) is 45.7 Å². The molecule has 0 aliphatic carbocycles. The van der Waals surface area contributed by atoms with Gasteiger partial charge < -0.3 is 21.3 Å². The van der Waals surface area contributed by atoms with Crippen molar-refractivity contribution < 1.29 is 14.4 Å². The first-order valence-corrected chi connectivity index (χ1v) is 10.7. The normalized spacial score (nSPS) is 10.5. The smallest absolute Gasteiger partial charge is 0.243 e. The van der Waals surface area contributed by atoms with Crippen molar-refractivity contribution >= 4 is 40.5 Å². The molecule has 4 N–H and O–H groups in total. The summed E-state index contributed by atoms with van der Waals surface area (Å²) in [6.07, 6.45) is 3.50. The zero-order valence-corrected chi connectivity index (χ0v) is 18.5. The van der Waals surface area contributed by atoms with Gasteiger partial charge >= 0.3 is 0 Å². The lowest BCUT2D eigenvalue weighted by Crippen LogP contribution is -2.22. The van der Waals surface area contributed by atoms with Gasteiger partial charge in [-0.15, -0.1) is 0 Å². The maximum absolute atomic E-state index is 12.3. The van der Waals surface area contributed by atoms with Crippen LogP contribution >= 0.6 is 0 Å². The number of hydrogen-bond acceptors (Lipinski definition) is 4. The number of carbonyl (C=O) groups excluding carboxylic acids is 3. The largest absolute Gasteiger partial charge is 0.376 e. The molecule has 0 spiro atoms. The zero-order valence-electron chi connectivity index (χ0n) is 18.5. The Balaban J connectivity index is 1.85. The van der Waals surface area contributed by atoms with Gasteiger partial charge in [-0.2, -0.15) is 0 Å². The second kappa shape index (κ2) is 12.4. The summed E-state index contributed by atoms with van der Waals surface area (Å²) in [5.41, 5.74) is 2.66. The Morgan fingerprint density at radius 2 is 1.32 bits per heavy atom. The number of carbonyl (C=O) groups is 3. The van der Waals surface area contributed by atoms with Gasteiger partial charge in [0.1, 0.15) is 0 Å². The van der Waals surface area contributed by atoms with Crippen molar-refractivity contribution in [3.63, 3.8) is 0 Å². The van der Waals surface area contributed by atoms with E-state index in [-0.39, 0.29) is 30.2 Å². The summed E-state index contributed by atoms with van der Waals surface area (Å²) in [7, 11) is 0. The van der Waals surface area contributed by atoms with Crippen LogP contribution in [0.5, 0.6) is 0 Å². The molecule has 0 fully saturated rings. The Hall–Kier alpha value is -3.35. The topological polar surface area (TPSA) is 99.3 Å². The van der Waals surface area contributed by atoms with Gasteiger partial charge in [0.05, 0.1) is 6.54 Å². The van der Waals surface area contributed by atoms with Crippen molar-refractivity contribution in [3.8, 4) is 0 Å². The molecule has 3 amide bonds. The number of amides is 3. The SMILES string of the molecule is CCCCCC(=O)Nc1cccc(NCC(=O)Nc2cccc(NC(=O)C(C)C)c2)c1. The molecule has 0 unspecified atom stereocenters. The van der Waals surface area contributed by atoms with Gasteiger partial charge in [-0.05, 0) is 42.8 Å². The van der Waals surface area contributed by atoms with Crippen molar-refractivity contribution in [1.29, 1.82) is 0 Å². The van der Waals surface area contributed by atoms with Crippen LogP contribution in [-0.2, 0) is 14.4 Å². The molecule has 31 heavy (non-hydrogen) atoms. The number of nitrogens with one attached hydrogen (secondary N) is 4. The maximum atomic E-state index is 12.3. The van der Waals surface area contributed by atoms with E-state index < -0.39 is 0 Å². The highest BCUT2D eigenvalue weighted by Crippen LogP contribution is 2.17. The number of unbranched alkanes of at least 4 members (excludes halogenated alkanes) is 2. The van der Waals surface area contributed by atoms with Gasteiger partial charge in [0.25, 0.3) is 0 Å². The molecule has 0 radical (unpaired) electrons. The lowest BCUT2D eigenvalue weighted by atomic mass is 10.2. The van der Waals surface area contributed by atoms with Crippen molar-refractivity contribution in [2.24, 2.45) is 5.92 Å². The van der Waals surface area contributed by atoms with E-state index in [4.69, 9.17) is 0 Å². The molecule has 0 aromatic heterocycles. The monoisotopic (exact) mass is 424 g/mol. The molecule has 0 atom stereocenters.